The van der Waals surface area contributed by atoms with E-state index in [1.165, 1.54) is 6.07 Å². The van der Waals surface area contributed by atoms with Crippen molar-refractivity contribution in [3.8, 4) is 11.8 Å². The largest absolute Gasteiger partial charge is 0.274 e. The second-order valence-corrected chi connectivity index (χ2v) is 4.95. The second-order valence-electron chi connectivity index (χ2n) is 3.41. The van der Waals surface area contributed by atoms with E-state index in [1.807, 2.05) is 0 Å². The van der Waals surface area contributed by atoms with Crippen molar-refractivity contribution in [3.05, 3.63) is 44.7 Å². The second kappa shape index (κ2) is 5.40. The first-order valence-electron chi connectivity index (χ1n) is 4.79. The van der Waals surface area contributed by atoms with Crippen molar-refractivity contribution in [3.63, 3.8) is 0 Å². The fourth-order valence-electron chi connectivity index (χ4n) is 1.45. The van der Waals surface area contributed by atoms with Crippen molar-refractivity contribution in [2.45, 2.75) is 0 Å². The van der Waals surface area contributed by atoms with Crippen LogP contribution in [0.3, 0.4) is 0 Å². The highest BCUT2D eigenvalue weighted by molar-refractivity contribution is 6.67. The highest BCUT2D eigenvalue weighted by Gasteiger charge is 2.22. The number of nitriles is 1. The molecule has 0 saturated carbocycles. The summed E-state index contributed by atoms with van der Waals surface area (Å²) in [6.07, 6.45) is 0. The fourth-order valence-corrected chi connectivity index (χ4v) is 2.33. The number of carbonyl (C=O) groups excluding carboxylic acids is 1. The standard InChI is InChI=1S/C11H3Cl4N3O/c12-5-1-2-8(7(13)3-5)18-10(14)6(4-16)9(17-18)11(15)19/h1-3H. The Labute approximate surface area is 128 Å². The summed E-state index contributed by atoms with van der Waals surface area (Å²) in [7, 11) is 0. The van der Waals surface area contributed by atoms with E-state index in [4.69, 9.17) is 51.7 Å². The molecule has 0 aliphatic rings. The maximum Gasteiger partial charge on any atom is 0.274 e. The summed E-state index contributed by atoms with van der Waals surface area (Å²) < 4.78 is 1.16. The number of hydrogen-bond acceptors (Lipinski definition) is 3. The third kappa shape index (κ3) is 2.56. The quantitative estimate of drug-likeness (QED) is 0.777. The van der Waals surface area contributed by atoms with E-state index in [2.05, 4.69) is 5.10 Å². The molecular formula is C11H3Cl4N3O. The Morgan fingerprint density at radius 2 is 2.00 bits per heavy atom. The van der Waals surface area contributed by atoms with Gasteiger partial charge in [-0.15, -0.1) is 0 Å². The first-order valence-corrected chi connectivity index (χ1v) is 6.30. The molecule has 0 atom stereocenters. The summed E-state index contributed by atoms with van der Waals surface area (Å²) in [6, 6.07) is 6.41. The average molecular weight is 335 g/mol. The van der Waals surface area contributed by atoms with Gasteiger partial charge < -0.3 is 0 Å². The van der Waals surface area contributed by atoms with Crippen LogP contribution in [0.4, 0.5) is 0 Å². The number of rotatable bonds is 2. The van der Waals surface area contributed by atoms with Crippen LogP contribution in [0, 0.1) is 11.3 Å². The van der Waals surface area contributed by atoms with Gasteiger partial charge in [0.05, 0.1) is 10.7 Å². The van der Waals surface area contributed by atoms with Gasteiger partial charge >= 0.3 is 0 Å². The molecule has 8 heteroatoms. The lowest BCUT2D eigenvalue weighted by atomic mass is 10.3. The van der Waals surface area contributed by atoms with Gasteiger partial charge in [-0.3, -0.25) is 4.79 Å². The van der Waals surface area contributed by atoms with Gasteiger partial charge in [0.1, 0.15) is 11.6 Å². The van der Waals surface area contributed by atoms with Crippen LogP contribution < -0.4 is 0 Å². The Kier molecular flexibility index (Phi) is 4.02. The van der Waals surface area contributed by atoms with Gasteiger partial charge in [-0.05, 0) is 29.8 Å². The summed E-state index contributed by atoms with van der Waals surface area (Å²) in [5.41, 5.74) is 0.0598. The molecule has 1 heterocycles. The molecule has 1 aromatic heterocycles. The van der Waals surface area contributed by atoms with Crippen LogP contribution in [0.5, 0.6) is 0 Å². The number of halogens is 4. The highest BCUT2D eigenvalue weighted by Crippen LogP contribution is 2.29. The maximum absolute atomic E-state index is 11.2. The van der Waals surface area contributed by atoms with Crippen LogP contribution in [0.1, 0.15) is 16.1 Å². The highest BCUT2D eigenvalue weighted by atomic mass is 35.5. The van der Waals surface area contributed by atoms with E-state index in [0.717, 1.165) is 4.68 Å². The van der Waals surface area contributed by atoms with E-state index in [9.17, 15) is 4.79 Å². The number of hydrogen-bond donors (Lipinski definition) is 0. The van der Waals surface area contributed by atoms with E-state index >= 15 is 0 Å². The lowest BCUT2D eigenvalue weighted by Crippen LogP contribution is -1.99. The molecule has 2 rings (SSSR count). The molecule has 2 aromatic rings. The molecule has 0 aliphatic heterocycles. The van der Waals surface area contributed by atoms with Crippen LogP contribution in [0.25, 0.3) is 5.69 Å². The number of nitrogens with zero attached hydrogens (tertiary/aromatic N) is 3. The zero-order valence-corrected chi connectivity index (χ0v) is 12.0. The predicted molar refractivity (Wildman–Crippen MR) is 73.5 cm³/mol. The Bertz CT molecular complexity index is 717. The Hall–Kier alpha value is -1.25. The lowest BCUT2D eigenvalue weighted by Gasteiger charge is -2.05. The molecule has 1 aromatic carbocycles. The molecule has 0 bridgehead atoms. The average Bonchev–Trinajstić information content (AvgIpc) is 2.66. The number of benzene rings is 1. The van der Waals surface area contributed by atoms with Crippen molar-refractivity contribution in [1.82, 2.24) is 9.78 Å². The van der Waals surface area contributed by atoms with Crippen molar-refractivity contribution in [2.24, 2.45) is 0 Å². The summed E-state index contributed by atoms with van der Waals surface area (Å²) >= 11 is 23.1. The van der Waals surface area contributed by atoms with Gasteiger partial charge in [0.2, 0.25) is 0 Å². The molecule has 0 amide bonds. The van der Waals surface area contributed by atoms with E-state index in [1.54, 1.807) is 18.2 Å². The minimum Gasteiger partial charge on any atom is -0.274 e. The number of aromatic nitrogens is 2. The zero-order chi connectivity index (χ0) is 14.2. The van der Waals surface area contributed by atoms with Crippen LogP contribution in [0.2, 0.25) is 15.2 Å². The Morgan fingerprint density at radius 1 is 1.32 bits per heavy atom. The Balaban J connectivity index is 2.70. The van der Waals surface area contributed by atoms with Crippen LogP contribution in [-0.2, 0) is 0 Å². The lowest BCUT2D eigenvalue weighted by molar-refractivity contribution is 0.107. The molecular weight excluding hydrogens is 332 g/mol. The first-order chi connectivity index (χ1) is 8.95. The van der Waals surface area contributed by atoms with E-state index in [0.29, 0.717) is 10.7 Å². The zero-order valence-electron chi connectivity index (χ0n) is 8.99. The minimum absolute atomic E-state index is 0.0456. The van der Waals surface area contributed by atoms with Crippen LogP contribution in [-0.4, -0.2) is 15.0 Å². The molecule has 0 unspecified atom stereocenters. The third-order valence-electron chi connectivity index (χ3n) is 2.26. The molecule has 4 nitrogen and oxygen atoms in total. The third-order valence-corrected chi connectivity index (χ3v) is 3.33. The van der Waals surface area contributed by atoms with Crippen molar-refractivity contribution in [1.29, 1.82) is 5.26 Å². The molecule has 0 spiro atoms. The van der Waals surface area contributed by atoms with Gasteiger partial charge in [-0.25, -0.2) is 4.68 Å². The summed E-state index contributed by atoms with van der Waals surface area (Å²) in [6.45, 7) is 0. The van der Waals surface area contributed by atoms with Gasteiger partial charge in [0, 0.05) is 5.02 Å². The number of carbonyl (C=O) groups is 1. The fraction of sp³-hybridized carbons (Fsp3) is 0. The van der Waals surface area contributed by atoms with E-state index < -0.39 is 5.24 Å². The van der Waals surface area contributed by atoms with E-state index in [-0.39, 0.29) is 21.4 Å². The van der Waals surface area contributed by atoms with Gasteiger partial charge in [0.25, 0.3) is 5.24 Å². The molecule has 96 valence electrons. The van der Waals surface area contributed by atoms with Gasteiger partial charge in [-0.2, -0.15) is 10.4 Å². The maximum atomic E-state index is 11.2. The molecule has 0 N–H and O–H groups in total. The Morgan fingerprint density at radius 3 is 2.47 bits per heavy atom. The summed E-state index contributed by atoms with van der Waals surface area (Å²) in [5.74, 6) is 0. The SMILES string of the molecule is N#Cc1c(C(=O)Cl)nn(-c2ccc(Cl)cc2Cl)c1Cl. The predicted octanol–water partition coefficient (Wildman–Crippen LogP) is 4.08. The smallest absolute Gasteiger partial charge is 0.274 e. The van der Waals surface area contributed by atoms with Crippen molar-refractivity contribution >= 4 is 51.6 Å². The first kappa shape index (κ1) is 14.2. The molecule has 0 saturated heterocycles. The van der Waals surface area contributed by atoms with Crippen molar-refractivity contribution in [2.75, 3.05) is 0 Å². The normalized spacial score (nSPS) is 10.3. The molecule has 0 aliphatic carbocycles. The topological polar surface area (TPSA) is 58.7 Å². The van der Waals surface area contributed by atoms with Crippen LogP contribution in [0.15, 0.2) is 18.2 Å². The molecule has 0 fully saturated rings. The summed E-state index contributed by atoms with van der Waals surface area (Å²) in [5, 5.41) is 12.7. The van der Waals surface area contributed by atoms with Crippen LogP contribution >= 0.6 is 46.4 Å². The van der Waals surface area contributed by atoms with Gasteiger partial charge in [-0.1, -0.05) is 34.8 Å². The monoisotopic (exact) mass is 333 g/mol. The molecule has 19 heavy (non-hydrogen) atoms. The van der Waals surface area contributed by atoms with Gasteiger partial charge in [0.15, 0.2) is 10.8 Å². The molecule has 0 radical (unpaired) electrons. The minimum atomic E-state index is -0.873. The van der Waals surface area contributed by atoms with Crippen molar-refractivity contribution < 1.29 is 4.79 Å². The summed E-state index contributed by atoms with van der Waals surface area (Å²) in [4.78, 5) is 11.2.